The zero-order valence-corrected chi connectivity index (χ0v) is 18.8. The summed E-state index contributed by atoms with van der Waals surface area (Å²) in [7, 11) is -3.52. The Kier molecular flexibility index (Phi) is 6.66. The van der Waals surface area contributed by atoms with Gasteiger partial charge in [-0.1, -0.05) is 48.0 Å². The number of benzene rings is 2. The highest BCUT2D eigenvalue weighted by molar-refractivity contribution is 7.89. The maximum absolute atomic E-state index is 12.8. The standard InChI is InChI=1S/C23H27N5O3S/c1-17-7-9-20(10-8-17)32(30,31)28-15-12-19(13-16-28)23(29)24-14-11-21-25-22(27-26-21)18-5-3-2-4-6-18/h2-10,19H,11-16H2,1H3,(H,24,29)(H,25,26,27). The first kappa shape index (κ1) is 22.2. The van der Waals surface area contributed by atoms with E-state index in [1.54, 1.807) is 24.3 Å². The number of aromatic amines is 1. The first-order chi connectivity index (χ1) is 15.4. The molecule has 0 unspecified atom stereocenters. The maximum atomic E-state index is 12.8. The van der Waals surface area contributed by atoms with E-state index in [1.807, 2.05) is 37.3 Å². The summed E-state index contributed by atoms with van der Waals surface area (Å²) < 4.78 is 27.1. The second-order valence-electron chi connectivity index (χ2n) is 8.00. The number of H-pyrrole nitrogens is 1. The molecule has 32 heavy (non-hydrogen) atoms. The monoisotopic (exact) mass is 453 g/mol. The van der Waals surface area contributed by atoms with Crippen LogP contribution in [0.3, 0.4) is 0 Å². The molecular formula is C23H27N5O3S. The molecule has 0 atom stereocenters. The van der Waals surface area contributed by atoms with Crippen LogP contribution >= 0.6 is 0 Å². The van der Waals surface area contributed by atoms with Crippen molar-refractivity contribution in [3.05, 3.63) is 66.0 Å². The molecule has 0 radical (unpaired) electrons. The third-order valence-electron chi connectivity index (χ3n) is 5.71. The number of nitrogens with zero attached hydrogens (tertiary/aromatic N) is 3. The predicted octanol–water partition coefficient (Wildman–Crippen LogP) is 2.54. The number of carbonyl (C=O) groups excluding carboxylic acids is 1. The Balaban J connectivity index is 1.24. The number of rotatable bonds is 7. The molecule has 8 nitrogen and oxygen atoms in total. The minimum Gasteiger partial charge on any atom is -0.355 e. The van der Waals surface area contributed by atoms with E-state index in [0.29, 0.717) is 55.4 Å². The second kappa shape index (κ2) is 9.62. The fraction of sp³-hybridized carbons (Fsp3) is 0.348. The number of amides is 1. The van der Waals surface area contributed by atoms with E-state index in [-0.39, 0.29) is 11.8 Å². The minimum atomic E-state index is -3.52. The summed E-state index contributed by atoms with van der Waals surface area (Å²) in [5.41, 5.74) is 1.95. The van der Waals surface area contributed by atoms with Crippen LogP contribution in [-0.4, -0.2) is 53.4 Å². The van der Waals surface area contributed by atoms with Crippen LogP contribution in [0.1, 0.15) is 24.2 Å². The molecule has 1 fully saturated rings. The molecule has 2 heterocycles. The van der Waals surface area contributed by atoms with E-state index >= 15 is 0 Å². The topological polar surface area (TPSA) is 108 Å². The predicted molar refractivity (Wildman–Crippen MR) is 121 cm³/mol. The fourth-order valence-corrected chi connectivity index (χ4v) is 5.26. The van der Waals surface area contributed by atoms with Gasteiger partial charge in [0.25, 0.3) is 0 Å². The van der Waals surface area contributed by atoms with Gasteiger partial charge in [-0.3, -0.25) is 9.89 Å². The van der Waals surface area contributed by atoms with Crippen molar-refractivity contribution in [2.75, 3.05) is 19.6 Å². The Morgan fingerprint density at radius 1 is 1.09 bits per heavy atom. The van der Waals surface area contributed by atoms with Gasteiger partial charge in [-0.05, 0) is 31.9 Å². The van der Waals surface area contributed by atoms with Crippen LogP contribution in [0.15, 0.2) is 59.5 Å². The lowest BCUT2D eigenvalue weighted by Crippen LogP contribution is -2.43. The Morgan fingerprint density at radius 2 is 1.78 bits per heavy atom. The highest BCUT2D eigenvalue weighted by atomic mass is 32.2. The number of hydrogen-bond donors (Lipinski definition) is 2. The van der Waals surface area contributed by atoms with Crippen LogP contribution in [0.25, 0.3) is 11.4 Å². The zero-order valence-electron chi connectivity index (χ0n) is 18.0. The van der Waals surface area contributed by atoms with Gasteiger partial charge in [0, 0.05) is 37.5 Å². The number of carbonyl (C=O) groups is 1. The molecule has 1 aromatic heterocycles. The van der Waals surface area contributed by atoms with Crippen LogP contribution in [0.2, 0.25) is 0 Å². The van der Waals surface area contributed by atoms with Crippen molar-refractivity contribution in [1.82, 2.24) is 24.8 Å². The second-order valence-corrected chi connectivity index (χ2v) is 9.94. The molecule has 0 saturated carbocycles. The SMILES string of the molecule is Cc1ccc(S(=O)(=O)N2CCC(C(=O)NCCc3nc(-c4ccccc4)n[nH]3)CC2)cc1. The van der Waals surface area contributed by atoms with Crippen molar-refractivity contribution < 1.29 is 13.2 Å². The molecule has 4 rings (SSSR count). The maximum Gasteiger partial charge on any atom is 0.243 e. The highest BCUT2D eigenvalue weighted by Gasteiger charge is 2.31. The van der Waals surface area contributed by atoms with Crippen molar-refractivity contribution in [3.8, 4) is 11.4 Å². The average molecular weight is 454 g/mol. The van der Waals surface area contributed by atoms with Gasteiger partial charge < -0.3 is 5.32 Å². The Morgan fingerprint density at radius 3 is 2.47 bits per heavy atom. The zero-order chi connectivity index (χ0) is 22.6. The van der Waals surface area contributed by atoms with Crippen LogP contribution in [-0.2, 0) is 21.2 Å². The molecule has 1 aliphatic rings. The number of aryl methyl sites for hydroxylation is 1. The van der Waals surface area contributed by atoms with Crippen LogP contribution in [0.5, 0.6) is 0 Å². The quantitative estimate of drug-likeness (QED) is 0.572. The molecule has 0 bridgehead atoms. The number of sulfonamides is 1. The van der Waals surface area contributed by atoms with Gasteiger partial charge in [0.1, 0.15) is 5.82 Å². The molecule has 168 valence electrons. The van der Waals surface area contributed by atoms with Crippen molar-refractivity contribution in [3.63, 3.8) is 0 Å². The van der Waals surface area contributed by atoms with Crippen molar-refractivity contribution in [1.29, 1.82) is 0 Å². The van der Waals surface area contributed by atoms with Crippen LogP contribution in [0.4, 0.5) is 0 Å². The molecule has 1 amide bonds. The van der Waals surface area contributed by atoms with E-state index in [2.05, 4.69) is 20.5 Å². The summed E-state index contributed by atoms with van der Waals surface area (Å²) in [4.78, 5) is 17.3. The van der Waals surface area contributed by atoms with Crippen molar-refractivity contribution in [2.24, 2.45) is 5.92 Å². The first-order valence-electron chi connectivity index (χ1n) is 10.7. The van der Waals surface area contributed by atoms with Crippen LogP contribution in [0, 0.1) is 12.8 Å². The average Bonchev–Trinajstić information content (AvgIpc) is 3.29. The summed E-state index contributed by atoms with van der Waals surface area (Å²) >= 11 is 0. The molecule has 0 aliphatic carbocycles. The lowest BCUT2D eigenvalue weighted by Gasteiger charge is -2.30. The summed E-state index contributed by atoms with van der Waals surface area (Å²) in [6.07, 6.45) is 1.57. The fourth-order valence-electron chi connectivity index (χ4n) is 3.79. The van der Waals surface area contributed by atoms with Gasteiger partial charge >= 0.3 is 0 Å². The normalized spacial score (nSPS) is 15.5. The number of hydrogen-bond acceptors (Lipinski definition) is 5. The van der Waals surface area contributed by atoms with E-state index in [0.717, 1.165) is 11.1 Å². The highest BCUT2D eigenvalue weighted by Crippen LogP contribution is 2.24. The van der Waals surface area contributed by atoms with Gasteiger partial charge in [0.05, 0.1) is 4.90 Å². The van der Waals surface area contributed by atoms with Gasteiger partial charge in [0.15, 0.2) is 5.82 Å². The molecule has 2 N–H and O–H groups in total. The van der Waals surface area contributed by atoms with E-state index in [4.69, 9.17) is 0 Å². The van der Waals surface area contributed by atoms with Crippen LogP contribution < -0.4 is 5.32 Å². The van der Waals surface area contributed by atoms with Crippen molar-refractivity contribution in [2.45, 2.75) is 31.1 Å². The van der Waals surface area contributed by atoms with E-state index < -0.39 is 10.0 Å². The van der Waals surface area contributed by atoms with Crippen molar-refractivity contribution >= 4 is 15.9 Å². The van der Waals surface area contributed by atoms with E-state index in [9.17, 15) is 13.2 Å². The molecule has 2 aromatic carbocycles. The van der Waals surface area contributed by atoms with Gasteiger partial charge in [0.2, 0.25) is 15.9 Å². The third-order valence-corrected chi connectivity index (χ3v) is 7.62. The summed E-state index contributed by atoms with van der Waals surface area (Å²) in [6, 6.07) is 16.6. The first-order valence-corrected chi connectivity index (χ1v) is 12.2. The Hall–Kier alpha value is -3.04. The largest absolute Gasteiger partial charge is 0.355 e. The Bertz CT molecular complexity index is 1150. The third kappa shape index (κ3) is 5.05. The lowest BCUT2D eigenvalue weighted by molar-refractivity contribution is -0.126. The van der Waals surface area contributed by atoms with Gasteiger partial charge in [-0.25, -0.2) is 13.4 Å². The van der Waals surface area contributed by atoms with Gasteiger partial charge in [-0.15, -0.1) is 0 Å². The number of nitrogens with one attached hydrogen (secondary N) is 2. The molecule has 9 heteroatoms. The molecule has 3 aromatic rings. The molecular weight excluding hydrogens is 426 g/mol. The van der Waals surface area contributed by atoms with E-state index in [1.165, 1.54) is 4.31 Å². The van der Waals surface area contributed by atoms with Gasteiger partial charge in [-0.2, -0.15) is 9.40 Å². The Labute approximate surface area is 188 Å². The number of piperidine rings is 1. The molecule has 0 spiro atoms. The minimum absolute atomic E-state index is 0.0415. The lowest BCUT2D eigenvalue weighted by atomic mass is 9.97. The molecule has 1 saturated heterocycles. The summed E-state index contributed by atoms with van der Waals surface area (Å²) in [5.74, 6) is 1.12. The summed E-state index contributed by atoms with van der Waals surface area (Å²) in [6.45, 7) is 3.06. The number of aromatic nitrogens is 3. The smallest absolute Gasteiger partial charge is 0.243 e. The molecule has 1 aliphatic heterocycles. The summed E-state index contributed by atoms with van der Waals surface area (Å²) in [5, 5.41) is 10.1.